The Balaban J connectivity index is 2.14. The van der Waals surface area contributed by atoms with Crippen LogP contribution in [0.3, 0.4) is 0 Å². The first-order valence-electron chi connectivity index (χ1n) is 6.94. The Morgan fingerprint density at radius 2 is 2.33 bits per heavy atom. The van der Waals surface area contributed by atoms with Gasteiger partial charge in [0.1, 0.15) is 11.9 Å². The van der Waals surface area contributed by atoms with Gasteiger partial charge in [-0.2, -0.15) is 5.26 Å². The van der Waals surface area contributed by atoms with Crippen molar-refractivity contribution in [2.24, 2.45) is 0 Å². The number of nitriles is 1. The minimum Gasteiger partial charge on any atom is -0.367 e. The second kappa shape index (κ2) is 5.86. The lowest BCUT2D eigenvalue weighted by atomic mass is 10.1. The monoisotopic (exact) mass is 243 g/mol. The first-order valence-corrected chi connectivity index (χ1v) is 6.94. The molecule has 3 nitrogen and oxygen atoms in total. The quantitative estimate of drug-likeness (QED) is 0.861. The van der Waals surface area contributed by atoms with E-state index in [0.29, 0.717) is 11.6 Å². The van der Waals surface area contributed by atoms with E-state index in [-0.39, 0.29) is 0 Å². The molecule has 2 rings (SSSR count). The summed E-state index contributed by atoms with van der Waals surface area (Å²) in [5.74, 6) is 0.779. The van der Waals surface area contributed by atoms with Gasteiger partial charge in [0, 0.05) is 11.7 Å². The van der Waals surface area contributed by atoms with Crippen molar-refractivity contribution >= 4 is 5.82 Å². The van der Waals surface area contributed by atoms with E-state index in [2.05, 4.69) is 30.2 Å². The average Bonchev–Trinajstić information content (AvgIpc) is 2.82. The van der Waals surface area contributed by atoms with E-state index in [0.717, 1.165) is 25.1 Å². The zero-order chi connectivity index (χ0) is 13.0. The number of hydrogen-bond acceptors (Lipinski definition) is 3. The highest BCUT2D eigenvalue weighted by atomic mass is 15.0. The molecule has 1 atom stereocenters. The summed E-state index contributed by atoms with van der Waals surface area (Å²) in [7, 11) is 0. The van der Waals surface area contributed by atoms with Crippen molar-refractivity contribution in [2.45, 2.75) is 58.4 Å². The molecule has 0 aliphatic heterocycles. The SMILES string of the molecule is CCCCC(C)Nc1nc2c(cc1C#N)CCC2. The highest BCUT2D eigenvalue weighted by Crippen LogP contribution is 2.25. The molecule has 0 fully saturated rings. The standard InChI is InChI=1S/C15H21N3/c1-3-4-6-11(2)17-15-13(10-16)9-12-7-5-8-14(12)18-15/h9,11H,3-8H2,1-2H3,(H,17,18). The lowest BCUT2D eigenvalue weighted by Gasteiger charge is -2.16. The van der Waals surface area contributed by atoms with Crippen LogP contribution in [0.15, 0.2) is 6.07 Å². The average molecular weight is 243 g/mol. The second-order valence-corrected chi connectivity index (χ2v) is 5.14. The molecule has 1 aromatic heterocycles. The zero-order valence-corrected chi connectivity index (χ0v) is 11.3. The summed E-state index contributed by atoms with van der Waals surface area (Å²) >= 11 is 0. The molecule has 1 unspecified atom stereocenters. The molecule has 0 aromatic carbocycles. The van der Waals surface area contributed by atoms with Crippen LogP contribution in [0.1, 0.15) is 56.4 Å². The maximum atomic E-state index is 9.21. The van der Waals surface area contributed by atoms with Crippen LogP contribution in [0.4, 0.5) is 5.82 Å². The number of nitrogens with zero attached hydrogens (tertiary/aromatic N) is 2. The Bertz CT molecular complexity index is 460. The molecule has 1 heterocycles. The van der Waals surface area contributed by atoms with Crippen LogP contribution in [0.25, 0.3) is 0 Å². The van der Waals surface area contributed by atoms with Crippen LogP contribution in [0.5, 0.6) is 0 Å². The summed E-state index contributed by atoms with van der Waals surface area (Å²) in [5.41, 5.74) is 3.14. The van der Waals surface area contributed by atoms with Crippen molar-refractivity contribution < 1.29 is 0 Å². The molecule has 0 saturated heterocycles. The molecule has 1 N–H and O–H groups in total. The van der Waals surface area contributed by atoms with E-state index in [1.54, 1.807) is 0 Å². The minimum absolute atomic E-state index is 0.379. The molecule has 1 aliphatic rings. The number of nitrogens with one attached hydrogen (secondary N) is 1. The van der Waals surface area contributed by atoms with Crippen molar-refractivity contribution in [1.29, 1.82) is 5.26 Å². The molecule has 3 heteroatoms. The van der Waals surface area contributed by atoms with E-state index in [9.17, 15) is 5.26 Å². The summed E-state index contributed by atoms with van der Waals surface area (Å²) in [4.78, 5) is 4.64. The van der Waals surface area contributed by atoms with E-state index in [4.69, 9.17) is 0 Å². The maximum absolute atomic E-state index is 9.21. The number of aromatic nitrogens is 1. The van der Waals surface area contributed by atoms with Crippen LogP contribution in [-0.4, -0.2) is 11.0 Å². The summed E-state index contributed by atoms with van der Waals surface area (Å²) in [5, 5.41) is 12.6. The number of aryl methyl sites for hydroxylation is 2. The number of rotatable bonds is 5. The van der Waals surface area contributed by atoms with Gasteiger partial charge >= 0.3 is 0 Å². The summed E-state index contributed by atoms with van der Waals surface area (Å²) in [6, 6.07) is 4.66. The van der Waals surface area contributed by atoms with Crippen molar-refractivity contribution in [3.05, 3.63) is 22.9 Å². The van der Waals surface area contributed by atoms with Crippen molar-refractivity contribution in [1.82, 2.24) is 4.98 Å². The fourth-order valence-corrected chi connectivity index (χ4v) is 2.48. The first kappa shape index (κ1) is 12.9. The number of pyridine rings is 1. The summed E-state index contributed by atoms with van der Waals surface area (Å²) in [6.07, 6.45) is 6.83. The fourth-order valence-electron chi connectivity index (χ4n) is 2.48. The second-order valence-electron chi connectivity index (χ2n) is 5.14. The van der Waals surface area contributed by atoms with Crippen LogP contribution < -0.4 is 5.32 Å². The highest BCUT2D eigenvalue weighted by molar-refractivity contribution is 5.55. The summed E-state index contributed by atoms with van der Waals surface area (Å²) in [6.45, 7) is 4.35. The normalized spacial score (nSPS) is 14.9. The number of anilines is 1. The van der Waals surface area contributed by atoms with Gasteiger partial charge in [0.25, 0.3) is 0 Å². The van der Waals surface area contributed by atoms with Crippen molar-refractivity contribution in [2.75, 3.05) is 5.32 Å². The predicted octanol–water partition coefficient (Wildman–Crippen LogP) is 3.43. The Labute approximate surface area is 109 Å². The molecular weight excluding hydrogens is 222 g/mol. The van der Waals surface area contributed by atoms with E-state index in [1.165, 1.54) is 30.5 Å². The number of fused-ring (bicyclic) bond motifs is 1. The van der Waals surface area contributed by atoms with Gasteiger partial charge in [0.15, 0.2) is 0 Å². The van der Waals surface area contributed by atoms with Gasteiger partial charge in [-0.25, -0.2) is 4.98 Å². The highest BCUT2D eigenvalue weighted by Gasteiger charge is 2.17. The molecule has 1 aliphatic carbocycles. The lowest BCUT2D eigenvalue weighted by molar-refractivity contribution is 0.642. The van der Waals surface area contributed by atoms with Crippen molar-refractivity contribution in [3.63, 3.8) is 0 Å². The lowest BCUT2D eigenvalue weighted by Crippen LogP contribution is -2.17. The number of unbranched alkanes of at least 4 members (excludes halogenated alkanes) is 1. The van der Waals surface area contributed by atoms with Gasteiger partial charge in [-0.05, 0) is 44.2 Å². The molecule has 0 amide bonds. The Morgan fingerprint density at radius 1 is 1.50 bits per heavy atom. The molecule has 0 radical (unpaired) electrons. The van der Waals surface area contributed by atoms with Crippen LogP contribution in [0, 0.1) is 11.3 Å². The Morgan fingerprint density at radius 3 is 3.06 bits per heavy atom. The number of hydrogen-bond donors (Lipinski definition) is 1. The van der Waals surface area contributed by atoms with Crippen LogP contribution in [0.2, 0.25) is 0 Å². The zero-order valence-electron chi connectivity index (χ0n) is 11.3. The van der Waals surface area contributed by atoms with Crippen LogP contribution in [-0.2, 0) is 12.8 Å². The third-order valence-corrected chi connectivity index (χ3v) is 3.55. The molecule has 1 aromatic rings. The molecule has 96 valence electrons. The maximum Gasteiger partial charge on any atom is 0.144 e. The topological polar surface area (TPSA) is 48.7 Å². The molecule has 0 bridgehead atoms. The van der Waals surface area contributed by atoms with Gasteiger partial charge in [0.2, 0.25) is 0 Å². The van der Waals surface area contributed by atoms with Gasteiger partial charge in [0.05, 0.1) is 5.56 Å². The van der Waals surface area contributed by atoms with E-state index in [1.807, 2.05) is 6.07 Å². The fraction of sp³-hybridized carbons (Fsp3) is 0.600. The van der Waals surface area contributed by atoms with Gasteiger partial charge in [-0.3, -0.25) is 0 Å². The van der Waals surface area contributed by atoms with E-state index < -0.39 is 0 Å². The Kier molecular flexibility index (Phi) is 4.19. The predicted molar refractivity (Wildman–Crippen MR) is 73.6 cm³/mol. The molecule has 0 saturated carbocycles. The van der Waals surface area contributed by atoms with Gasteiger partial charge < -0.3 is 5.32 Å². The van der Waals surface area contributed by atoms with Gasteiger partial charge in [-0.15, -0.1) is 0 Å². The summed E-state index contributed by atoms with van der Waals surface area (Å²) < 4.78 is 0. The first-order chi connectivity index (χ1) is 8.74. The minimum atomic E-state index is 0.379. The third kappa shape index (κ3) is 2.81. The van der Waals surface area contributed by atoms with Crippen molar-refractivity contribution in [3.8, 4) is 6.07 Å². The van der Waals surface area contributed by atoms with Crippen LogP contribution >= 0.6 is 0 Å². The van der Waals surface area contributed by atoms with Gasteiger partial charge in [-0.1, -0.05) is 19.8 Å². The third-order valence-electron chi connectivity index (χ3n) is 3.55. The molecule has 0 spiro atoms. The molecule has 18 heavy (non-hydrogen) atoms. The largest absolute Gasteiger partial charge is 0.367 e. The molecular formula is C15H21N3. The smallest absolute Gasteiger partial charge is 0.144 e. The Hall–Kier alpha value is -1.56. The van der Waals surface area contributed by atoms with E-state index >= 15 is 0 Å².